The van der Waals surface area contributed by atoms with E-state index in [-0.39, 0.29) is 0 Å². The second kappa shape index (κ2) is 3.70. The summed E-state index contributed by atoms with van der Waals surface area (Å²) in [6.45, 7) is 0. The summed E-state index contributed by atoms with van der Waals surface area (Å²) >= 11 is 2.22. The van der Waals surface area contributed by atoms with Gasteiger partial charge >= 0.3 is 0 Å². The lowest BCUT2D eigenvalue weighted by molar-refractivity contribution is 0.603. The maximum atomic E-state index is 11.8. The van der Waals surface area contributed by atoms with E-state index in [4.69, 9.17) is 0 Å². The zero-order valence-corrected chi connectivity index (χ0v) is 9.14. The molecule has 0 saturated carbocycles. The Hall–Kier alpha value is -0.510. The van der Waals surface area contributed by atoms with Gasteiger partial charge in [-0.15, -0.1) is 0 Å². The van der Waals surface area contributed by atoms with Crippen molar-refractivity contribution in [1.82, 2.24) is 0 Å². The van der Waals surface area contributed by atoms with E-state index in [1.165, 1.54) is 0 Å². The smallest absolute Gasteiger partial charge is 0.200 e. The number of benzene rings is 1. The molecule has 0 spiro atoms. The van der Waals surface area contributed by atoms with Crippen molar-refractivity contribution < 1.29 is 4.55 Å². The molecule has 0 fully saturated rings. The van der Waals surface area contributed by atoms with Crippen molar-refractivity contribution in [3.8, 4) is 0 Å². The van der Waals surface area contributed by atoms with Crippen LogP contribution >= 0.6 is 15.9 Å². The van der Waals surface area contributed by atoms with Gasteiger partial charge in [-0.1, -0.05) is 18.2 Å². The highest BCUT2D eigenvalue weighted by molar-refractivity contribution is 9.13. The van der Waals surface area contributed by atoms with Gasteiger partial charge < -0.3 is 4.55 Å². The second-order valence-electron chi connectivity index (χ2n) is 2.64. The maximum Gasteiger partial charge on any atom is 0.200 e. The SMILES string of the molecule is [O-][S+]1C(Br)=CC=Cc2ccccc21. The lowest BCUT2D eigenvalue weighted by Crippen LogP contribution is -2.01. The van der Waals surface area contributed by atoms with E-state index >= 15 is 0 Å². The third-order valence-corrected chi connectivity index (χ3v) is 4.21. The molecule has 0 aliphatic carbocycles. The summed E-state index contributed by atoms with van der Waals surface area (Å²) in [5.74, 6) is 0. The molecule has 1 aliphatic heterocycles. The summed E-state index contributed by atoms with van der Waals surface area (Å²) in [5, 5.41) is 0. The third kappa shape index (κ3) is 1.73. The number of hydrogen-bond donors (Lipinski definition) is 0. The molecule has 1 nitrogen and oxygen atoms in total. The zero-order chi connectivity index (χ0) is 9.26. The topological polar surface area (TPSA) is 23.1 Å². The highest BCUT2D eigenvalue weighted by Crippen LogP contribution is 2.29. The predicted octanol–water partition coefficient (Wildman–Crippen LogP) is 3.06. The van der Waals surface area contributed by atoms with Gasteiger partial charge in [0.05, 0.1) is 0 Å². The monoisotopic (exact) mass is 254 g/mol. The van der Waals surface area contributed by atoms with Crippen molar-refractivity contribution in [2.45, 2.75) is 4.90 Å². The van der Waals surface area contributed by atoms with Gasteiger partial charge in [-0.25, -0.2) is 0 Å². The van der Waals surface area contributed by atoms with Crippen LogP contribution in [0.2, 0.25) is 0 Å². The summed E-state index contributed by atoms with van der Waals surface area (Å²) < 4.78 is 12.5. The molecule has 13 heavy (non-hydrogen) atoms. The molecule has 0 N–H and O–H groups in total. The molecule has 1 atom stereocenters. The molecule has 3 heteroatoms. The first-order valence-corrected chi connectivity index (χ1v) is 5.78. The summed E-state index contributed by atoms with van der Waals surface area (Å²) in [7, 11) is 0. The molecule has 1 aliphatic rings. The van der Waals surface area contributed by atoms with Gasteiger partial charge in [0.2, 0.25) is 0 Å². The maximum absolute atomic E-state index is 11.8. The lowest BCUT2D eigenvalue weighted by atomic mass is 10.2. The van der Waals surface area contributed by atoms with Crippen LogP contribution in [0.5, 0.6) is 0 Å². The highest BCUT2D eigenvalue weighted by atomic mass is 79.9. The van der Waals surface area contributed by atoms with E-state index in [9.17, 15) is 4.55 Å². The van der Waals surface area contributed by atoms with Gasteiger partial charge in [0.25, 0.3) is 0 Å². The first-order valence-electron chi connectivity index (χ1n) is 3.84. The minimum Gasteiger partial charge on any atom is -0.606 e. The van der Waals surface area contributed by atoms with Crippen molar-refractivity contribution in [3.05, 3.63) is 45.8 Å². The minimum atomic E-state index is -1.06. The van der Waals surface area contributed by atoms with Crippen LogP contribution in [0.25, 0.3) is 6.08 Å². The summed E-state index contributed by atoms with van der Waals surface area (Å²) in [6, 6.07) is 7.69. The normalized spacial score (nSPS) is 20.5. The number of halogens is 1. The van der Waals surface area contributed by atoms with Crippen LogP contribution < -0.4 is 0 Å². The van der Waals surface area contributed by atoms with Crippen LogP contribution in [-0.4, -0.2) is 4.55 Å². The van der Waals surface area contributed by atoms with Crippen molar-refractivity contribution in [2.24, 2.45) is 0 Å². The first kappa shape index (κ1) is 9.06. The molecule has 0 saturated heterocycles. The molecule has 66 valence electrons. The van der Waals surface area contributed by atoms with Crippen LogP contribution in [-0.2, 0) is 11.2 Å². The molecule has 0 aromatic heterocycles. The third-order valence-electron chi connectivity index (χ3n) is 1.80. The van der Waals surface area contributed by atoms with Crippen molar-refractivity contribution in [1.29, 1.82) is 0 Å². The van der Waals surface area contributed by atoms with E-state index in [0.717, 1.165) is 10.5 Å². The van der Waals surface area contributed by atoms with Gasteiger partial charge in [-0.05, 0) is 18.2 Å². The number of fused-ring (bicyclic) bond motifs is 1. The largest absolute Gasteiger partial charge is 0.606 e. The molecular weight excluding hydrogens is 248 g/mol. The van der Waals surface area contributed by atoms with E-state index in [2.05, 4.69) is 15.9 Å². The van der Waals surface area contributed by atoms with Crippen molar-refractivity contribution in [2.75, 3.05) is 0 Å². The average molecular weight is 255 g/mol. The Balaban J connectivity index is 2.57. The molecule has 0 bridgehead atoms. The quantitative estimate of drug-likeness (QED) is 0.653. The van der Waals surface area contributed by atoms with Crippen LogP contribution in [0, 0.1) is 0 Å². The van der Waals surface area contributed by atoms with Crippen molar-refractivity contribution >= 4 is 33.2 Å². The van der Waals surface area contributed by atoms with Gasteiger partial charge in [0.15, 0.2) is 8.71 Å². The molecule has 1 unspecified atom stereocenters. The number of allylic oxidation sites excluding steroid dienone is 2. The molecule has 0 radical (unpaired) electrons. The van der Waals surface area contributed by atoms with E-state index < -0.39 is 11.2 Å². The fourth-order valence-electron chi connectivity index (χ4n) is 1.18. The first-order chi connectivity index (χ1) is 6.29. The lowest BCUT2D eigenvalue weighted by Gasteiger charge is -2.08. The van der Waals surface area contributed by atoms with Crippen LogP contribution in [0.1, 0.15) is 5.56 Å². The Morgan fingerprint density at radius 1 is 1.23 bits per heavy atom. The molecule has 0 amide bonds. The summed E-state index contributed by atoms with van der Waals surface area (Å²) in [5.41, 5.74) is 1.02. The second-order valence-corrected chi connectivity index (χ2v) is 5.43. The predicted molar refractivity (Wildman–Crippen MR) is 58.9 cm³/mol. The van der Waals surface area contributed by atoms with Gasteiger partial charge in [0, 0.05) is 38.7 Å². The Morgan fingerprint density at radius 3 is 2.85 bits per heavy atom. The minimum absolute atomic E-state index is 0.716. The van der Waals surface area contributed by atoms with Crippen LogP contribution in [0.3, 0.4) is 0 Å². The Bertz CT molecular complexity index is 384. The highest BCUT2D eigenvalue weighted by Gasteiger charge is 2.19. The Kier molecular flexibility index (Phi) is 2.58. The number of hydrogen-bond acceptors (Lipinski definition) is 1. The molecule has 1 heterocycles. The Labute approximate surface area is 88.5 Å². The molecule has 1 aromatic rings. The van der Waals surface area contributed by atoms with Crippen LogP contribution in [0.15, 0.2) is 45.1 Å². The molecule has 1 aromatic carbocycles. The van der Waals surface area contributed by atoms with Gasteiger partial charge in [-0.2, -0.15) is 0 Å². The van der Waals surface area contributed by atoms with Crippen LogP contribution in [0.4, 0.5) is 0 Å². The van der Waals surface area contributed by atoms with Crippen molar-refractivity contribution in [3.63, 3.8) is 0 Å². The molecule has 2 rings (SSSR count). The Morgan fingerprint density at radius 2 is 2.00 bits per heavy atom. The molecular formula is C10H7BrOS. The van der Waals surface area contributed by atoms with E-state index in [1.54, 1.807) is 0 Å². The van der Waals surface area contributed by atoms with Gasteiger partial charge in [-0.3, -0.25) is 0 Å². The summed E-state index contributed by atoms with van der Waals surface area (Å²) in [6.07, 6.45) is 5.67. The zero-order valence-electron chi connectivity index (χ0n) is 6.74. The fraction of sp³-hybridized carbons (Fsp3) is 0. The van der Waals surface area contributed by atoms with E-state index in [1.807, 2.05) is 42.5 Å². The number of rotatable bonds is 0. The van der Waals surface area contributed by atoms with E-state index in [0.29, 0.717) is 3.81 Å². The summed E-state index contributed by atoms with van der Waals surface area (Å²) in [4.78, 5) is 0.861. The average Bonchev–Trinajstić information content (AvgIpc) is 2.29. The fourth-order valence-corrected chi connectivity index (χ4v) is 2.82. The van der Waals surface area contributed by atoms with Gasteiger partial charge in [0.1, 0.15) is 0 Å². The standard InChI is InChI=1S/C10H7BrOS/c11-10-7-3-5-8-4-1-2-6-9(8)13(10)12/h1-7H.